The SMILES string of the molecule is C=C[C@]1(C)C[C@@H](OC(=O)CSCc2csc(NC(=O)CN3CCC[C@@H]3CO)n2)[C@]2(C)[C@H](C)CC[C@]3(CCC(=O)[C@H]32)[C@@H](C)[C@@H]1O. The number of aliphatic hydroxyl groups is 2. The molecule has 11 heteroatoms. The number of likely N-dealkylation sites (tertiary alicyclic amines) is 1. The molecule has 9 nitrogen and oxygen atoms in total. The van der Waals surface area contributed by atoms with Gasteiger partial charge in [-0.25, -0.2) is 4.98 Å². The number of aromatic nitrogens is 1. The van der Waals surface area contributed by atoms with Crippen molar-refractivity contribution in [3.63, 3.8) is 0 Å². The fourth-order valence-electron chi connectivity index (χ4n) is 9.02. The van der Waals surface area contributed by atoms with E-state index < -0.39 is 23.0 Å². The summed E-state index contributed by atoms with van der Waals surface area (Å²) in [7, 11) is 0. The van der Waals surface area contributed by atoms with Crippen LogP contribution in [0.4, 0.5) is 5.13 Å². The van der Waals surface area contributed by atoms with E-state index in [0.717, 1.165) is 44.3 Å². The van der Waals surface area contributed by atoms with Gasteiger partial charge in [0.05, 0.1) is 30.7 Å². The van der Waals surface area contributed by atoms with Crippen molar-refractivity contribution in [1.82, 2.24) is 9.88 Å². The average molecular weight is 648 g/mol. The Morgan fingerprint density at radius 2 is 2.07 bits per heavy atom. The molecule has 1 aliphatic heterocycles. The predicted octanol–water partition coefficient (Wildman–Crippen LogP) is 4.68. The normalized spacial score (nSPS) is 38.9. The van der Waals surface area contributed by atoms with Crippen LogP contribution in [-0.4, -0.2) is 81.5 Å². The zero-order valence-electron chi connectivity index (χ0n) is 26.5. The quantitative estimate of drug-likeness (QED) is 0.245. The van der Waals surface area contributed by atoms with Crippen molar-refractivity contribution < 1.29 is 29.3 Å². The third-order valence-electron chi connectivity index (χ3n) is 11.9. The van der Waals surface area contributed by atoms with Gasteiger partial charge in [0.2, 0.25) is 5.91 Å². The highest BCUT2D eigenvalue weighted by Gasteiger charge is 2.68. The van der Waals surface area contributed by atoms with E-state index in [0.29, 0.717) is 23.7 Å². The number of ketones is 1. The van der Waals surface area contributed by atoms with E-state index in [-0.39, 0.29) is 65.8 Å². The van der Waals surface area contributed by atoms with Crippen molar-refractivity contribution in [3.8, 4) is 0 Å². The maximum absolute atomic E-state index is 13.6. The lowest BCUT2D eigenvalue weighted by atomic mass is 9.44. The maximum atomic E-state index is 13.6. The van der Waals surface area contributed by atoms with E-state index in [1.54, 1.807) is 0 Å². The number of aliphatic hydroxyl groups excluding tert-OH is 2. The maximum Gasteiger partial charge on any atom is 0.316 e. The number of rotatable bonds is 10. The molecule has 1 saturated heterocycles. The van der Waals surface area contributed by atoms with Gasteiger partial charge in [-0.1, -0.05) is 33.8 Å². The number of ether oxygens (including phenoxy) is 1. The van der Waals surface area contributed by atoms with Crippen LogP contribution < -0.4 is 5.32 Å². The van der Waals surface area contributed by atoms with Crippen molar-refractivity contribution in [1.29, 1.82) is 0 Å². The number of amides is 1. The first-order valence-corrected chi connectivity index (χ1v) is 18.1. The minimum absolute atomic E-state index is 0.0375. The molecule has 3 N–H and O–H groups in total. The summed E-state index contributed by atoms with van der Waals surface area (Å²) in [5, 5.41) is 26.4. The molecular weight excluding hydrogens is 599 g/mol. The summed E-state index contributed by atoms with van der Waals surface area (Å²) in [6.45, 7) is 13.6. The van der Waals surface area contributed by atoms with E-state index >= 15 is 0 Å². The average Bonchev–Trinajstić information content (AvgIpc) is 3.73. The molecule has 1 aromatic heterocycles. The molecule has 5 rings (SSSR count). The first-order valence-electron chi connectivity index (χ1n) is 16.1. The second-order valence-corrected chi connectivity index (χ2v) is 16.0. The lowest BCUT2D eigenvalue weighted by Gasteiger charge is -2.61. The van der Waals surface area contributed by atoms with Gasteiger partial charge in [-0.2, -0.15) is 0 Å². The molecule has 0 spiro atoms. The summed E-state index contributed by atoms with van der Waals surface area (Å²) < 4.78 is 6.33. The van der Waals surface area contributed by atoms with Gasteiger partial charge in [-0.3, -0.25) is 19.3 Å². The van der Waals surface area contributed by atoms with Gasteiger partial charge >= 0.3 is 5.97 Å². The van der Waals surface area contributed by atoms with Crippen LogP contribution in [0.25, 0.3) is 0 Å². The third kappa shape index (κ3) is 6.04. The highest BCUT2D eigenvalue weighted by atomic mass is 32.2. The highest BCUT2D eigenvalue weighted by Crippen LogP contribution is 2.68. The van der Waals surface area contributed by atoms with Crippen LogP contribution in [-0.2, 0) is 24.9 Å². The van der Waals surface area contributed by atoms with Crippen LogP contribution in [0.5, 0.6) is 0 Å². The number of nitrogens with one attached hydrogen (secondary N) is 1. The number of anilines is 1. The number of hydrogen-bond donors (Lipinski definition) is 3. The Labute approximate surface area is 269 Å². The van der Waals surface area contributed by atoms with Crippen molar-refractivity contribution in [2.24, 2.45) is 34.0 Å². The molecule has 3 saturated carbocycles. The molecule has 2 heterocycles. The van der Waals surface area contributed by atoms with Crippen molar-refractivity contribution in [3.05, 3.63) is 23.7 Å². The van der Waals surface area contributed by atoms with E-state index in [9.17, 15) is 24.6 Å². The Morgan fingerprint density at radius 1 is 1.30 bits per heavy atom. The molecule has 9 atom stereocenters. The number of thiazole rings is 1. The number of carbonyl (C=O) groups is 3. The molecule has 1 amide bonds. The topological polar surface area (TPSA) is 129 Å². The number of Topliss-reactive ketones (excluding diaryl/α,β-unsaturated/α-hetero) is 1. The second-order valence-electron chi connectivity index (χ2n) is 14.2. The summed E-state index contributed by atoms with van der Waals surface area (Å²) in [5.74, 6) is 0.261. The highest BCUT2D eigenvalue weighted by molar-refractivity contribution is 7.99. The molecule has 1 aromatic rings. The molecular formula is C33H49N3O6S2. The first kappa shape index (κ1) is 33.6. The monoisotopic (exact) mass is 647 g/mol. The molecule has 244 valence electrons. The standard InChI is InChI=1S/C33H49N3O6S2/c1-6-31(4)14-25(32(5)20(2)9-11-33(21(3)29(31)41)12-10-24(38)28(32)33)42-27(40)19-43-17-22-18-44-30(34-22)35-26(39)15-36-13-7-8-23(36)16-37/h6,18,20-21,23,25,28-29,37,41H,1,7-17,19H2,2-5H3,(H,34,35,39)/t20-,21+,23-,25-,28+,29+,31-,32+,33+/m1/s1. The summed E-state index contributed by atoms with van der Waals surface area (Å²) in [5.41, 5.74) is -0.712. The Balaban J connectivity index is 1.22. The third-order valence-corrected chi connectivity index (χ3v) is 13.6. The fraction of sp³-hybridized carbons (Fsp3) is 0.758. The Bertz CT molecular complexity index is 1260. The lowest BCUT2D eigenvalue weighted by molar-refractivity contribution is -0.205. The molecule has 4 fully saturated rings. The molecule has 0 radical (unpaired) electrons. The van der Waals surface area contributed by atoms with Gasteiger partial charge in [0.25, 0.3) is 0 Å². The smallest absolute Gasteiger partial charge is 0.316 e. The van der Waals surface area contributed by atoms with Crippen LogP contribution in [0.1, 0.15) is 78.3 Å². The van der Waals surface area contributed by atoms with Gasteiger partial charge in [0, 0.05) is 40.3 Å². The minimum atomic E-state index is -0.687. The van der Waals surface area contributed by atoms with E-state index in [1.165, 1.54) is 23.1 Å². The van der Waals surface area contributed by atoms with Crippen molar-refractivity contribution in [2.45, 2.75) is 96.6 Å². The number of esters is 1. The van der Waals surface area contributed by atoms with Gasteiger partial charge in [0.15, 0.2) is 5.13 Å². The van der Waals surface area contributed by atoms with E-state index in [1.807, 2.05) is 23.3 Å². The molecule has 0 unspecified atom stereocenters. The summed E-state index contributed by atoms with van der Waals surface area (Å²) in [6.07, 6.45) is 6.04. The largest absolute Gasteiger partial charge is 0.461 e. The van der Waals surface area contributed by atoms with Crippen LogP contribution in [0.2, 0.25) is 0 Å². The number of carbonyl (C=O) groups excluding carboxylic acids is 3. The van der Waals surface area contributed by atoms with E-state index in [4.69, 9.17) is 4.74 Å². The Kier molecular flexibility index (Phi) is 10.0. The zero-order chi connectivity index (χ0) is 31.9. The van der Waals surface area contributed by atoms with Crippen molar-refractivity contribution >= 4 is 45.9 Å². The lowest BCUT2D eigenvalue weighted by Crippen LogP contribution is -2.63. The second kappa shape index (κ2) is 13.1. The number of hydrogen-bond acceptors (Lipinski definition) is 10. The molecule has 4 aliphatic rings. The van der Waals surface area contributed by atoms with Crippen LogP contribution in [0, 0.1) is 34.0 Å². The van der Waals surface area contributed by atoms with Crippen molar-refractivity contribution in [2.75, 3.05) is 30.8 Å². The Hall–Kier alpha value is -1.79. The molecule has 2 bridgehead atoms. The summed E-state index contributed by atoms with van der Waals surface area (Å²) >= 11 is 2.76. The first-order chi connectivity index (χ1) is 20.9. The van der Waals surface area contributed by atoms with E-state index in [2.05, 4.69) is 37.7 Å². The zero-order valence-corrected chi connectivity index (χ0v) is 28.2. The predicted molar refractivity (Wildman–Crippen MR) is 173 cm³/mol. The van der Waals surface area contributed by atoms with Crippen LogP contribution in [0.15, 0.2) is 18.0 Å². The number of nitrogens with zero attached hydrogens (tertiary/aromatic N) is 2. The van der Waals surface area contributed by atoms with Crippen LogP contribution in [0.3, 0.4) is 0 Å². The molecule has 3 aliphatic carbocycles. The summed E-state index contributed by atoms with van der Waals surface area (Å²) in [4.78, 5) is 46.0. The molecule has 0 aromatic carbocycles. The number of thioether (sulfide) groups is 1. The Morgan fingerprint density at radius 3 is 2.80 bits per heavy atom. The minimum Gasteiger partial charge on any atom is -0.461 e. The van der Waals surface area contributed by atoms with Gasteiger partial charge in [0.1, 0.15) is 11.9 Å². The van der Waals surface area contributed by atoms with Gasteiger partial charge in [-0.15, -0.1) is 29.7 Å². The molecule has 44 heavy (non-hydrogen) atoms. The fourth-order valence-corrected chi connectivity index (χ4v) is 10.5. The summed E-state index contributed by atoms with van der Waals surface area (Å²) in [6, 6.07) is 0.0375. The van der Waals surface area contributed by atoms with Gasteiger partial charge in [-0.05, 0) is 62.3 Å². The van der Waals surface area contributed by atoms with Crippen LogP contribution >= 0.6 is 23.1 Å². The van der Waals surface area contributed by atoms with Gasteiger partial charge < -0.3 is 20.3 Å².